The lowest BCUT2D eigenvalue weighted by molar-refractivity contribution is -0.119. The van der Waals surface area contributed by atoms with Crippen molar-refractivity contribution in [3.63, 3.8) is 0 Å². The number of nitrogens with zero attached hydrogens (tertiary/aromatic N) is 1. The van der Waals surface area contributed by atoms with Gasteiger partial charge in [0.05, 0.1) is 18.2 Å². The average molecular weight is 361 g/mol. The Balaban J connectivity index is 1.88. The zero-order chi connectivity index (χ0) is 18.4. The molecule has 1 aromatic carbocycles. The summed E-state index contributed by atoms with van der Waals surface area (Å²) < 4.78 is 5.57. The second-order valence-electron chi connectivity index (χ2n) is 6.20. The summed E-state index contributed by atoms with van der Waals surface area (Å²) >= 11 is 1.31. The lowest BCUT2D eigenvalue weighted by Crippen LogP contribution is -2.18. The third-order valence-corrected chi connectivity index (χ3v) is 3.96. The molecule has 0 radical (unpaired) electrons. The quantitative estimate of drug-likeness (QED) is 0.788. The largest absolute Gasteiger partial charge is 0.491 e. The van der Waals surface area contributed by atoms with Gasteiger partial charge in [0.15, 0.2) is 5.13 Å². The summed E-state index contributed by atoms with van der Waals surface area (Å²) in [7, 11) is 0. The molecule has 2 aromatic rings. The fourth-order valence-electron chi connectivity index (χ4n) is 1.95. The zero-order valence-corrected chi connectivity index (χ0v) is 15.6. The topological polar surface area (TPSA) is 80.3 Å². The zero-order valence-electron chi connectivity index (χ0n) is 14.8. The van der Waals surface area contributed by atoms with Crippen LogP contribution < -0.4 is 15.4 Å². The molecule has 25 heavy (non-hydrogen) atoms. The molecule has 1 heterocycles. The van der Waals surface area contributed by atoms with Gasteiger partial charge in [-0.2, -0.15) is 0 Å². The fourth-order valence-corrected chi connectivity index (χ4v) is 2.67. The van der Waals surface area contributed by atoms with Gasteiger partial charge in [0.25, 0.3) is 0 Å². The minimum absolute atomic E-state index is 0.0888. The number of nitrogens with one attached hydrogen (secondary N) is 2. The van der Waals surface area contributed by atoms with E-state index in [9.17, 15) is 9.59 Å². The van der Waals surface area contributed by atoms with Crippen LogP contribution in [0, 0.1) is 5.92 Å². The Hall–Kier alpha value is -2.41. The van der Waals surface area contributed by atoms with Crippen LogP contribution in [0.5, 0.6) is 5.75 Å². The maximum atomic E-state index is 12.1. The van der Waals surface area contributed by atoms with Gasteiger partial charge in [-0.1, -0.05) is 13.8 Å². The Morgan fingerprint density at radius 3 is 2.40 bits per heavy atom. The minimum Gasteiger partial charge on any atom is -0.491 e. The first-order chi connectivity index (χ1) is 11.8. The molecular formula is C18H23N3O3S. The van der Waals surface area contributed by atoms with E-state index in [4.69, 9.17) is 4.74 Å². The Morgan fingerprint density at radius 2 is 1.80 bits per heavy atom. The van der Waals surface area contributed by atoms with E-state index < -0.39 is 0 Å². The van der Waals surface area contributed by atoms with E-state index in [2.05, 4.69) is 15.6 Å². The van der Waals surface area contributed by atoms with Crippen LogP contribution in [-0.4, -0.2) is 22.9 Å². The first-order valence-electron chi connectivity index (χ1n) is 8.15. The number of hydrogen-bond acceptors (Lipinski definition) is 5. The normalized spacial score (nSPS) is 10.8. The van der Waals surface area contributed by atoms with Crippen LogP contribution in [-0.2, 0) is 16.0 Å². The van der Waals surface area contributed by atoms with E-state index in [-0.39, 0.29) is 30.3 Å². The summed E-state index contributed by atoms with van der Waals surface area (Å²) in [5.74, 6) is 0.398. The van der Waals surface area contributed by atoms with Crippen molar-refractivity contribution < 1.29 is 14.3 Å². The number of hydrogen-bond donors (Lipinski definition) is 2. The van der Waals surface area contributed by atoms with Gasteiger partial charge < -0.3 is 15.4 Å². The number of aromatic nitrogens is 1. The van der Waals surface area contributed by atoms with E-state index in [1.165, 1.54) is 11.3 Å². The number of ether oxygens (including phenoxy) is 1. The number of anilines is 2. The van der Waals surface area contributed by atoms with Gasteiger partial charge in [0.1, 0.15) is 5.75 Å². The molecule has 0 spiro atoms. The fraction of sp³-hybridized carbons (Fsp3) is 0.389. The SMILES string of the molecule is CC(C)Oc1ccc(NC(=O)Cc2csc(NC(=O)C(C)C)n2)cc1. The van der Waals surface area contributed by atoms with Gasteiger partial charge in [-0.3, -0.25) is 9.59 Å². The van der Waals surface area contributed by atoms with Crippen LogP contribution in [0.25, 0.3) is 0 Å². The summed E-state index contributed by atoms with van der Waals surface area (Å²) in [6, 6.07) is 7.23. The van der Waals surface area contributed by atoms with Gasteiger partial charge in [-0.15, -0.1) is 11.3 Å². The molecule has 7 heteroatoms. The molecule has 0 saturated heterocycles. The second-order valence-corrected chi connectivity index (χ2v) is 7.06. The molecule has 1 aromatic heterocycles. The number of rotatable bonds is 7. The van der Waals surface area contributed by atoms with Gasteiger partial charge in [-0.05, 0) is 38.1 Å². The average Bonchev–Trinajstić information content (AvgIpc) is 2.95. The molecule has 0 aliphatic heterocycles. The van der Waals surface area contributed by atoms with E-state index in [0.29, 0.717) is 16.5 Å². The van der Waals surface area contributed by atoms with Crippen LogP contribution >= 0.6 is 11.3 Å². The van der Waals surface area contributed by atoms with Crippen molar-refractivity contribution in [3.05, 3.63) is 35.3 Å². The van der Waals surface area contributed by atoms with Crippen molar-refractivity contribution >= 4 is 34.0 Å². The maximum absolute atomic E-state index is 12.1. The predicted molar refractivity (Wildman–Crippen MR) is 100 cm³/mol. The molecule has 2 amide bonds. The van der Waals surface area contributed by atoms with Crippen molar-refractivity contribution in [2.75, 3.05) is 10.6 Å². The van der Waals surface area contributed by atoms with Gasteiger partial charge in [-0.25, -0.2) is 4.98 Å². The van der Waals surface area contributed by atoms with Crippen molar-refractivity contribution in [3.8, 4) is 5.75 Å². The Labute approximate surface area is 151 Å². The molecule has 0 aliphatic carbocycles. The lowest BCUT2D eigenvalue weighted by atomic mass is 10.2. The molecule has 0 atom stereocenters. The second kappa shape index (κ2) is 8.62. The first kappa shape index (κ1) is 18.9. The van der Waals surface area contributed by atoms with Crippen molar-refractivity contribution in [1.29, 1.82) is 0 Å². The van der Waals surface area contributed by atoms with E-state index >= 15 is 0 Å². The van der Waals surface area contributed by atoms with Crippen LogP contribution in [0.3, 0.4) is 0 Å². The molecule has 0 aliphatic rings. The van der Waals surface area contributed by atoms with Crippen molar-refractivity contribution in [2.45, 2.75) is 40.2 Å². The van der Waals surface area contributed by atoms with Crippen LogP contribution in [0.4, 0.5) is 10.8 Å². The number of amides is 2. The molecule has 134 valence electrons. The third kappa shape index (κ3) is 6.19. The van der Waals surface area contributed by atoms with E-state index in [1.807, 2.05) is 39.8 Å². The first-order valence-corrected chi connectivity index (χ1v) is 9.03. The summed E-state index contributed by atoms with van der Waals surface area (Å²) in [6.45, 7) is 7.55. The van der Waals surface area contributed by atoms with Crippen molar-refractivity contribution in [2.24, 2.45) is 5.92 Å². The number of carbonyl (C=O) groups excluding carboxylic acids is 2. The Bertz CT molecular complexity index is 723. The monoisotopic (exact) mass is 361 g/mol. The number of carbonyl (C=O) groups is 2. The van der Waals surface area contributed by atoms with Gasteiger partial charge >= 0.3 is 0 Å². The highest BCUT2D eigenvalue weighted by molar-refractivity contribution is 7.13. The van der Waals surface area contributed by atoms with Crippen molar-refractivity contribution in [1.82, 2.24) is 4.98 Å². The summed E-state index contributed by atoms with van der Waals surface area (Å²) in [5.41, 5.74) is 1.32. The van der Waals surface area contributed by atoms with E-state index in [1.54, 1.807) is 17.5 Å². The van der Waals surface area contributed by atoms with Gasteiger partial charge in [0, 0.05) is 17.0 Å². The van der Waals surface area contributed by atoms with E-state index in [0.717, 1.165) is 5.75 Å². The van der Waals surface area contributed by atoms with Gasteiger partial charge in [0.2, 0.25) is 11.8 Å². The summed E-state index contributed by atoms with van der Waals surface area (Å²) in [5, 5.41) is 7.84. The molecule has 0 bridgehead atoms. The highest BCUT2D eigenvalue weighted by atomic mass is 32.1. The van der Waals surface area contributed by atoms with Crippen LogP contribution in [0.1, 0.15) is 33.4 Å². The highest BCUT2D eigenvalue weighted by Crippen LogP contribution is 2.19. The number of thiazole rings is 1. The molecule has 0 unspecified atom stereocenters. The molecule has 2 rings (SSSR count). The Kier molecular flexibility index (Phi) is 6.52. The maximum Gasteiger partial charge on any atom is 0.230 e. The lowest BCUT2D eigenvalue weighted by Gasteiger charge is -2.10. The predicted octanol–water partition coefficient (Wildman–Crippen LogP) is 3.71. The minimum atomic E-state index is -0.162. The third-order valence-electron chi connectivity index (χ3n) is 3.16. The highest BCUT2D eigenvalue weighted by Gasteiger charge is 2.12. The van der Waals surface area contributed by atoms with Crippen LogP contribution in [0.15, 0.2) is 29.6 Å². The number of benzene rings is 1. The smallest absolute Gasteiger partial charge is 0.230 e. The molecule has 2 N–H and O–H groups in total. The summed E-state index contributed by atoms with van der Waals surface area (Å²) in [6.07, 6.45) is 0.258. The molecule has 0 saturated carbocycles. The Morgan fingerprint density at radius 1 is 1.12 bits per heavy atom. The standard InChI is InChI=1S/C18H23N3O3S/c1-11(2)17(23)21-18-20-14(10-25-18)9-16(22)19-13-5-7-15(8-6-13)24-12(3)4/h5-8,10-12H,9H2,1-4H3,(H,19,22)(H,20,21,23). The molecular weight excluding hydrogens is 338 g/mol. The molecule has 6 nitrogen and oxygen atoms in total. The summed E-state index contributed by atoms with van der Waals surface area (Å²) in [4.78, 5) is 28.0. The van der Waals surface area contributed by atoms with Crippen LogP contribution in [0.2, 0.25) is 0 Å². The molecule has 0 fully saturated rings.